The van der Waals surface area contributed by atoms with E-state index >= 15 is 0 Å². The molecule has 1 N–H and O–H groups in total. The zero-order valence-electron chi connectivity index (χ0n) is 12.7. The second-order valence-corrected chi connectivity index (χ2v) is 5.81. The summed E-state index contributed by atoms with van der Waals surface area (Å²) in [5.74, 6) is 0.562. The van der Waals surface area contributed by atoms with Gasteiger partial charge in [0, 0.05) is 11.6 Å². The summed E-state index contributed by atoms with van der Waals surface area (Å²) in [7, 11) is 0. The number of nitrogens with one attached hydrogen (secondary N) is 1. The third-order valence-electron chi connectivity index (χ3n) is 4.38. The average molecular weight is 311 g/mol. The zero-order valence-corrected chi connectivity index (χ0v) is 12.7. The summed E-state index contributed by atoms with van der Waals surface area (Å²) in [5, 5.41) is 2.25. The Morgan fingerprint density at radius 2 is 1.67 bits per heavy atom. The number of nitrogens with zero attached hydrogens (tertiary/aromatic N) is 2. The van der Waals surface area contributed by atoms with Gasteiger partial charge in [-0.2, -0.15) is 0 Å². The van der Waals surface area contributed by atoms with Gasteiger partial charge in [-0.05, 0) is 22.9 Å². The maximum atomic E-state index is 12.7. The largest absolute Gasteiger partial charge is 0.324 e. The van der Waals surface area contributed by atoms with Gasteiger partial charge in [-0.3, -0.25) is 4.79 Å². The quantitative estimate of drug-likeness (QED) is 0.509. The minimum absolute atomic E-state index is 0.0830. The first-order valence-corrected chi connectivity index (χ1v) is 7.80. The van der Waals surface area contributed by atoms with Crippen molar-refractivity contribution in [2.75, 3.05) is 0 Å². The number of para-hydroxylation sites is 2. The minimum Gasteiger partial charge on any atom is -0.324 e. The molecule has 0 saturated heterocycles. The fourth-order valence-corrected chi connectivity index (χ4v) is 3.28. The van der Waals surface area contributed by atoms with Gasteiger partial charge in [-0.1, -0.05) is 54.6 Å². The Morgan fingerprint density at radius 3 is 2.62 bits per heavy atom. The molecule has 24 heavy (non-hydrogen) atoms. The smallest absolute Gasteiger partial charge is 0.260 e. The van der Waals surface area contributed by atoms with Crippen molar-refractivity contribution in [2.45, 2.75) is 0 Å². The second-order valence-electron chi connectivity index (χ2n) is 5.81. The summed E-state index contributed by atoms with van der Waals surface area (Å²) in [6.45, 7) is 0. The molecule has 4 nitrogen and oxygen atoms in total. The summed E-state index contributed by atoms with van der Waals surface area (Å²) >= 11 is 0. The van der Waals surface area contributed by atoms with Gasteiger partial charge in [0.05, 0.1) is 16.7 Å². The number of aromatic amines is 1. The summed E-state index contributed by atoms with van der Waals surface area (Å²) in [6.07, 6.45) is 0. The molecule has 0 bridgehead atoms. The van der Waals surface area contributed by atoms with Crippen LogP contribution in [0.15, 0.2) is 77.6 Å². The van der Waals surface area contributed by atoms with Crippen molar-refractivity contribution in [3.63, 3.8) is 0 Å². The van der Waals surface area contributed by atoms with E-state index in [9.17, 15) is 4.79 Å². The lowest BCUT2D eigenvalue weighted by Crippen LogP contribution is -2.13. The highest BCUT2D eigenvalue weighted by atomic mass is 16.1. The Kier molecular flexibility index (Phi) is 2.61. The SMILES string of the molecule is O=c1cc(-c2cccc3ccccc23)[nH]c2nc3ccccc3n12. The first-order valence-electron chi connectivity index (χ1n) is 7.80. The van der Waals surface area contributed by atoms with Crippen LogP contribution >= 0.6 is 0 Å². The van der Waals surface area contributed by atoms with Crippen LogP contribution in [0.2, 0.25) is 0 Å². The van der Waals surface area contributed by atoms with Crippen LogP contribution < -0.4 is 5.56 Å². The average Bonchev–Trinajstić information content (AvgIpc) is 3.00. The Morgan fingerprint density at radius 1 is 0.875 bits per heavy atom. The van der Waals surface area contributed by atoms with Gasteiger partial charge in [0.25, 0.3) is 5.56 Å². The number of imidazole rings is 1. The molecule has 2 heterocycles. The molecule has 114 valence electrons. The molecule has 5 rings (SSSR count). The second kappa shape index (κ2) is 4.80. The maximum absolute atomic E-state index is 12.7. The lowest BCUT2D eigenvalue weighted by Gasteiger charge is -2.07. The Balaban J connectivity index is 1.87. The first-order chi connectivity index (χ1) is 11.8. The van der Waals surface area contributed by atoms with E-state index in [0.717, 1.165) is 33.1 Å². The van der Waals surface area contributed by atoms with Crippen molar-refractivity contribution in [3.8, 4) is 11.3 Å². The van der Waals surface area contributed by atoms with Crippen LogP contribution in [0, 0.1) is 0 Å². The molecule has 0 aliphatic rings. The molecule has 2 aromatic heterocycles. The number of benzene rings is 3. The summed E-state index contributed by atoms with van der Waals surface area (Å²) in [4.78, 5) is 20.6. The molecule has 0 radical (unpaired) electrons. The Hall–Kier alpha value is -3.40. The molecule has 0 fully saturated rings. The van der Waals surface area contributed by atoms with Crippen LogP contribution in [-0.2, 0) is 0 Å². The monoisotopic (exact) mass is 311 g/mol. The van der Waals surface area contributed by atoms with Gasteiger partial charge in [0.2, 0.25) is 5.78 Å². The summed E-state index contributed by atoms with van der Waals surface area (Å²) in [5.41, 5.74) is 3.32. The van der Waals surface area contributed by atoms with E-state index in [-0.39, 0.29) is 5.56 Å². The summed E-state index contributed by atoms with van der Waals surface area (Å²) in [6, 6.07) is 23.5. The van der Waals surface area contributed by atoms with Gasteiger partial charge < -0.3 is 4.98 Å². The van der Waals surface area contributed by atoms with E-state index in [2.05, 4.69) is 28.2 Å². The number of hydrogen-bond donors (Lipinski definition) is 1. The van der Waals surface area contributed by atoms with Gasteiger partial charge in [-0.25, -0.2) is 9.38 Å². The van der Waals surface area contributed by atoms with Gasteiger partial charge in [0.15, 0.2) is 0 Å². The normalized spacial score (nSPS) is 11.5. The highest BCUT2D eigenvalue weighted by Crippen LogP contribution is 2.27. The molecule has 3 aromatic carbocycles. The standard InChI is InChI=1S/C20H13N3O/c24-19-12-17(15-9-5-7-13-6-1-2-8-14(13)15)22-20-21-16-10-3-4-11-18(16)23(19)20/h1-12H,(H,21,22). The molecule has 0 spiro atoms. The van der Waals surface area contributed by atoms with Crippen molar-refractivity contribution in [3.05, 3.63) is 83.2 Å². The lowest BCUT2D eigenvalue weighted by atomic mass is 10.0. The maximum Gasteiger partial charge on any atom is 0.260 e. The fraction of sp³-hybridized carbons (Fsp3) is 0. The third-order valence-corrected chi connectivity index (χ3v) is 4.38. The predicted octanol–water partition coefficient (Wildman–Crippen LogP) is 4.00. The lowest BCUT2D eigenvalue weighted by molar-refractivity contribution is 1.09. The van der Waals surface area contributed by atoms with Crippen LogP contribution in [-0.4, -0.2) is 14.4 Å². The van der Waals surface area contributed by atoms with Crippen molar-refractivity contribution < 1.29 is 0 Å². The van der Waals surface area contributed by atoms with E-state index in [1.807, 2.05) is 48.5 Å². The van der Waals surface area contributed by atoms with Gasteiger partial charge in [-0.15, -0.1) is 0 Å². The highest BCUT2D eigenvalue weighted by Gasteiger charge is 2.11. The van der Waals surface area contributed by atoms with Gasteiger partial charge >= 0.3 is 0 Å². The zero-order chi connectivity index (χ0) is 16.1. The van der Waals surface area contributed by atoms with Gasteiger partial charge in [0.1, 0.15) is 0 Å². The number of rotatable bonds is 1. The fourth-order valence-electron chi connectivity index (χ4n) is 3.28. The van der Waals surface area contributed by atoms with Crippen LogP contribution in [0.3, 0.4) is 0 Å². The molecule has 0 aliphatic carbocycles. The van der Waals surface area contributed by atoms with E-state index < -0.39 is 0 Å². The minimum atomic E-state index is -0.0830. The number of hydrogen-bond acceptors (Lipinski definition) is 2. The Bertz CT molecular complexity index is 1280. The first kappa shape index (κ1) is 13.1. The van der Waals surface area contributed by atoms with E-state index in [1.54, 1.807) is 10.5 Å². The van der Waals surface area contributed by atoms with Crippen LogP contribution in [0.1, 0.15) is 0 Å². The molecule has 5 aromatic rings. The molecule has 0 atom stereocenters. The predicted molar refractivity (Wildman–Crippen MR) is 96.3 cm³/mol. The molecular formula is C20H13N3O. The van der Waals surface area contributed by atoms with Crippen molar-refractivity contribution in [1.29, 1.82) is 0 Å². The number of fused-ring (bicyclic) bond motifs is 4. The molecule has 0 amide bonds. The number of H-pyrrole nitrogens is 1. The van der Waals surface area contributed by atoms with Crippen LogP contribution in [0.4, 0.5) is 0 Å². The van der Waals surface area contributed by atoms with Crippen molar-refractivity contribution in [1.82, 2.24) is 14.4 Å². The molecule has 0 unspecified atom stereocenters. The van der Waals surface area contributed by atoms with E-state index in [0.29, 0.717) is 5.78 Å². The molecule has 0 saturated carbocycles. The highest BCUT2D eigenvalue weighted by molar-refractivity contribution is 5.96. The molecular weight excluding hydrogens is 298 g/mol. The van der Waals surface area contributed by atoms with Crippen molar-refractivity contribution in [2.24, 2.45) is 0 Å². The third kappa shape index (κ3) is 1.80. The topological polar surface area (TPSA) is 50.2 Å². The molecule has 4 heteroatoms. The Labute approximate surface area is 137 Å². The number of aromatic nitrogens is 3. The van der Waals surface area contributed by atoms with Crippen molar-refractivity contribution >= 4 is 27.6 Å². The van der Waals surface area contributed by atoms with Crippen LogP contribution in [0.25, 0.3) is 38.8 Å². The summed E-state index contributed by atoms with van der Waals surface area (Å²) < 4.78 is 1.62. The van der Waals surface area contributed by atoms with Crippen LogP contribution in [0.5, 0.6) is 0 Å². The van der Waals surface area contributed by atoms with E-state index in [1.165, 1.54) is 0 Å². The molecule has 0 aliphatic heterocycles. The van der Waals surface area contributed by atoms with E-state index in [4.69, 9.17) is 0 Å².